The molecule has 0 aliphatic carbocycles. The molecule has 0 unspecified atom stereocenters. The Morgan fingerprint density at radius 2 is 1.75 bits per heavy atom. The number of halogens is 7. The second kappa shape index (κ2) is 6.04. The molecule has 2 aromatic rings. The molecule has 2 rings (SSSR count). The first-order valence-corrected chi connectivity index (χ1v) is 6.90. The summed E-state index contributed by atoms with van der Waals surface area (Å²) in [5.74, 6) is -1.99. The highest BCUT2D eigenvalue weighted by molar-refractivity contribution is 7.10. The van der Waals surface area contributed by atoms with Gasteiger partial charge in [-0.3, -0.25) is 4.79 Å². The van der Waals surface area contributed by atoms with Crippen LogP contribution in [0.1, 0.15) is 27.2 Å². The van der Waals surface area contributed by atoms with Gasteiger partial charge in [0.15, 0.2) is 5.69 Å². The number of aromatic nitrogens is 1. The molecule has 0 spiro atoms. The van der Waals surface area contributed by atoms with E-state index in [2.05, 4.69) is 4.37 Å². The lowest BCUT2D eigenvalue weighted by molar-refractivity contribution is -0.163. The van der Waals surface area contributed by atoms with E-state index in [0.717, 1.165) is 12.1 Å². The molecule has 3 nitrogen and oxygen atoms in total. The van der Waals surface area contributed by atoms with Crippen molar-refractivity contribution < 1.29 is 35.5 Å². The quantitative estimate of drug-likeness (QED) is 0.764. The summed E-state index contributed by atoms with van der Waals surface area (Å²) in [4.78, 5) is 12.0. The fourth-order valence-electron chi connectivity index (χ4n) is 1.84. The monoisotopic (exact) mass is 372 g/mol. The van der Waals surface area contributed by atoms with Crippen molar-refractivity contribution >= 4 is 22.4 Å². The molecule has 1 N–H and O–H groups in total. The SMILES string of the molecule is Cc1ccc(F)cc1C(=O)Nc1snc(C(F)(F)F)c1C(F)(F)F. The third-order valence-corrected chi connectivity index (χ3v) is 3.68. The lowest BCUT2D eigenvalue weighted by Gasteiger charge is -2.12. The molecule has 0 fully saturated rings. The number of hydrogen-bond donors (Lipinski definition) is 1. The molecule has 0 saturated heterocycles. The molecule has 0 radical (unpaired) electrons. The van der Waals surface area contributed by atoms with Gasteiger partial charge < -0.3 is 5.32 Å². The van der Waals surface area contributed by atoms with Crippen molar-refractivity contribution in [2.75, 3.05) is 5.32 Å². The first-order valence-electron chi connectivity index (χ1n) is 6.13. The van der Waals surface area contributed by atoms with Crippen LogP contribution < -0.4 is 5.32 Å². The Kier molecular flexibility index (Phi) is 4.57. The average molecular weight is 372 g/mol. The molecule has 130 valence electrons. The van der Waals surface area contributed by atoms with E-state index in [0.29, 0.717) is 0 Å². The van der Waals surface area contributed by atoms with Gasteiger partial charge in [0.05, 0.1) is 0 Å². The van der Waals surface area contributed by atoms with Crippen molar-refractivity contribution in [3.05, 3.63) is 46.4 Å². The number of aryl methyl sites for hydroxylation is 1. The Labute approximate surface area is 134 Å². The van der Waals surface area contributed by atoms with Gasteiger partial charge in [0.25, 0.3) is 5.91 Å². The van der Waals surface area contributed by atoms with Crippen molar-refractivity contribution in [3.63, 3.8) is 0 Å². The minimum absolute atomic E-state index is 0.153. The Morgan fingerprint density at radius 3 is 2.29 bits per heavy atom. The first kappa shape index (κ1) is 18.2. The van der Waals surface area contributed by atoms with Gasteiger partial charge in [-0.25, -0.2) is 4.39 Å². The highest BCUT2D eigenvalue weighted by Crippen LogP contribution is 2.45. The van der Waals surface area contributed by atoms with E-state index in [9.17, 15) is 35.5 Å². The van der Waals surface area contributed by atoms with E-state index in [1.165, 1.54) is 13.0 Å². The largest absolute Gasteiger partial charge is 0.435 e. The Morgan fingerprint density at radius 1 is 1.12 bits per heavy atom. The zero-order valence-electron chi connectivity index (χ0n) is 11.6. The maximum absolute atomic E-state index is 13.2. The standard InChI is InChI=1S/C13H7F7N2OS/c1-5-2-3-6(14)4-7(5)10(23)21-11-8(12(15,16)17)9(22-24-11)13(18,19)20/h2-4H,1H3,(H,21,23). The smallest absolute Gasteiger partial charge is 0.312 e. The minimum Gasteiger partial charge on any atom is -0.312 e. The van der Waals surface area contributed by atoms with E-state index in [-0.39, 0.29) is 22.7 Å². The average Bonchev–Trinajstić information content (AvgIpc) is 2.85. The summed E-state index contributed by atoms with van der Waals surface area (Å²) in [7, 11) is 0. The van der Waals surface area contributed by atoms with Crippen LogP contribution in [0.3, 0.4) is 0 Å². The third kappa shape index (κ3) is 3.66. The summed E-state index contributed by atoms with van der Waals surface area (Å²) in [5.41, 5.74) is -4.28. The Hall–Kier alpha value is -2.17. The summed E-state index contributed by atoms with van der Waals surface area (Å²) < 4.78 is 92.6. The molecule has 1 aromatic heterocycles. The van der Waals surface area contributed by atoms with Crippen LogP contribution in [0.15, 0.2) is 18.2 Å². The number of nitrogens with zero attached hydrogens (tertiary/aromatic N) is 1. The van der Waals surface area contributed by atoms with Gasteiger partial charge in [0.2, 0.25) is 0 Å². The summed E-state index contributed by atoms with van der Waals surface area (Å²) in [6, 6.07) is 3.01. The van der Waals surface area contributed by atoms with Crippen LogP contribution in [-0.4, -0.2) is 10.3 Å². The van der Waals surface area contributed by atoms with Crippen LogP contribution in [0.2, 0.25) is 0 Å². The van der Waals surface area contributed by atoms with Crippen LogP contribution >= 0.6 is 11.5 Å². The van der Waals surface area contributed by atoms with Crippen LogP contribution in [0.4, 0.5) is 35.7 Å². The topological polar surface area (TPSA) is 42.0 Å². The molecule has 0 bridgehead atoms. The number of benzene rings is 1. The molecule has 0 atom stereocenters. The maximum Gasteiger partial charge on any atom is 0.435 e. The molecular formula is C13H7F7N2OS. The Balaban J connectivity index is 2.45. The number of rotatable bonds is 2. The van der Waals surface area contributed by atoms with E-state index < -0.39 is 40.3 Å². The van der Waals surface area contributed by atoms with Gasteiger partial charge in [0.1, 0.15) is 16.4 Å². The summed E-state index contributed by atoms with van der Waals surface area (Å²) >= 11 is -0.153. The number of carbonyl (C=O) groups excluding carboxylic acids is 1. The summed E-state index contributed by atoms with van der Waals surface area (Å²) in [6.07, 6.45) is -10.7. The molecular weight excluding hydrogens is 365 g/mol. The van der Waals surface area contributed by atoms with Crippen LogP contribution in [0.25, 0.3) is 0 Å². The predicted molar refractivity (Wildman–Crippen MR) is 71.2 cm³/mol. The van der Waals surface area contributed by atoms with Crippen molar-refractivity contribution in [2.24, 2.45) is 0 Å². The Bertz CT molecular complexity index is 780. The molecule has 1 aromatic carbocycles. The number of carbonyl (C=O) groups is 1. The van der Waals surface area contributed by atoms with Crippen molar-refractivity contribution in [1.82, 2.24) is 4.37 Å². The third-order valence-electron chi connectivity index (χ3n) is 2.92. The lowest BCUT2D eigenvalue weighted by atomic mass is 10.1. The van der Waals surface area contributed by atoms with Gasteiger partial charge in [-0.1, -0.05) is 6.07 Å². The molecule has 1 heterocycles. The van der Waals surface area contributed by atoms with Gasteiger partial charge in [-0.2, -0.15) is 30.7 Å². The molecule has 0 aliphatic heterocycles. The van der Waals surface area contributed by atoms with Gasteiger partial charge in [-0.05, 0) is 36.2 Å². The second-order valence-corrected chi connectivity index (χ2v) is 5.42. The molecule has 1 amide bonds. The fourth-order valence-corrected chi connectivity index (χ4v) is 2.66. The highest BCUT2D eigenvalue weighted by atomic mass is 32.1. The van der Waals surface area contributed by atoms with E-state index >= 15 is 0 Å². The van der Waals surface area contributed by atoms with Crippen molar-refractivity contribution in [1.29, 1.82) is 0 Å². The van der Waals surface area contributed by atoms with Crippen molar-refractivity contribution in [2.45, 2.75) is 19.3 Å². The second-order valence-electron chi connectivity index (χ2n) is 4.64. The van der Waals surface area contributed by atoms with Crippen LogP contribution in [0.5, 0.6) is 0 Å². The minimum atomic E-state index is -5.38. The first-order chi connectivity index (χ1) is 10.9. The van der Waals surface area contributed by atoms with Gasteiger partial charge in [0, 0.05) is 5.56 Å². The van der Waals surface area contributed by atoms with E-state index in [4.69, 9.17) is 0 Å². The number of alkyl halides is 6. The predicted octanol–water partition coefficient (Wildman–Crippen LogP) is 4.88. The van der Waals surface area contributed by atoms with Crippen molar-refractivity contribution in [3.8, 4) is 0 Å². The molecule has 0 saturated carbocycles. The maximum atomic E-state index is 13.2. The highest BCUT2D eigenvalue weighted by Gasteiger charge is 2.48. The molecule has 11 heteroatoms. The number of amides is 1. The van der Waals surface area contributed by atoms with Crippen LogP contribution in [0, 0.1) is 12.7 Å². The van der Waals surface area contributed by atoms with Crippen LogP contribution in [-0.2, 0) is 12.4 Å². The zero-order chi connectivity index (χ0) is 18.3. The van der Waals surface area contributed by atoms with Gasteiger partial charge >= 0.3 is 12.4 Å². The van der Waals surface area contributed by atoms with Gasteiger partial charge in [-0.15, -0.1) is 0 Å². The number of hydrogen-bond acceptors (Lipinski definition) is 3. The molecule has 24 heavy (non-hydrogen) atoms. The summed E-state index contributed by atoms with van der Waals surface area (Å²) in [6.45, 7) is 1.40. The molecule has 0 aliphatic rings. The number of anilines is 1. The normalized spacial score (nSPS) is 12.3. The lowest BCUT2D eigenvalue weighted by Crippen LogP contribution is -2.19. The van der Waals surface area contributed by atoms with E-state index in [1.807, 2.05) is 0 Å². The summed E-state index contributed by atoms with van der Waals surface area (Å²) in [5, 5.41) is 0.616. The number of nitrogens with one attached hydrogen (secondary N) is 1. The fraction of sp³-hybridized carbons (Fsp3) is 0.231. The van der Waals surface area contributed by atoms with E-state index in [1.54, 1.807) is 5.32 Å². The zero-order valence-corrected chi connectivity index (χ0v) is 12.5.